The number of aromatic carboxylic acids is 1. The summed E-state index contributed by atoms with van der Waals surface area (Å²) in [6, 6.07) is 19.0. The van der Waals surface area contributed by atoms with Crippen LogP contribution in [0.5, 0.6) is 0 Å². The van der Waals surface area contributed by atoms with Crippen LogP contribution in [0.2, 0.25) is 0 Å². The number of aliphatic carboxylic acids is 1. The monoisotopic (exact) mass is 569 g/mol. The highest BCUT2D eigenvalue weighted by atomic mass is 32.2. The van der Waals surface area contributed by atoms with E-state index in [-0.39, 0.29) is 16.1 Å². The standard InChI is InChI=1S/C23H22FN3O4S.C2HF3O2/c24-17-6-9-20(10-7-17)32(30,31)25-22-11-8-19(16-21(22)23(28)29)27-14-12-26(13-15-27)18-4-2-1-3-5-18;3-2(4,5)1(6)7/h1-11,16,25H,12-15H2,(H,28,29);(H,6,7). The number of carboxylic acid groups (broad SMARTS) is 2. The van der Waals surface area contributed by atoms with Gasteiger partial charge in [-0.2, -0.15) is 13.2 Å². The topological polar surface area (TPSA) is 127 Å². The molecule has 0 radical (unpaired) electrons. The fourth-order valence-electron chi connectivity index (χ4n) is 3.67. The lowest BCUT2D eigenvalue weighted by atomic mass is 10.1. The largest absolute Gasteiger partial charge is 0.490 e. The molecule has 3 aromatic carbocycles. The van der Waals surface area contributed by atoms with Crippen molar-refractivity contribution >= 4 is 39.0 Å². The average molecular weight is 570 g/mol. The molecule has 0 bridgehead atoms. The number of hydrogen-bond acceptors (Lipinski definition) is 6. The van der Waals surface area contributed by atoms with Crippen LogP contribution < -0.4 is 14.5 Å². The van der Waals surface area contributed by atoms with Gasteiger partial charge in [-0.25, -0.2) is 22.4 Å². The number of carbonyl (C=O) groups is 2. The van der Waals surface area contributed by atoms with E-state index < -0.39 is 34.0 Å². The van der Waals surface area contributed by atoms with Crippen LogP contribution in [0.25, 0.3) is 0 Å². The molecule has 0 amide bonds. The molecule has 0 aliphatic carbocycles. The second-order valence-corrected chi connectivity index (χ2v) is 9.89. The number of hydrogen-bond donors (Lipinski definition) is 3. The summed E-state index contributed by atoms with van der Waals surface area (Å²) in [5.41, 5.74) is 1.65. The highest BCUT2D eigenvalue weighted by Gasteiger charge is 2.38. The van der Waals surface area contributed by atoms with Gasteiger partial charge in [-0.15, -0.1) is 0 Å². The highest BCUT2D eigenvalue weighted by molar-refractivity contribution is 7.92. The average Bonchev–Trinajstić information content (AvgIpc) is 2.89. The molecular formula is C25H23F4N3O6S. The molecule has 1 aliphatic rings. The van der Waals surface area contributed by atoms with Crippen LogP contribution in [-0.4, -0.2) is 62.9 Å². The van der Waals surface area contributed by atoms with Crippen molar-refractivity contribution in [3.63, 3.8) is 0 Å². The molecule has 0 aromatic heterocycles. The Bertz CT molecular complexity index is 1410. The summed E-state index contributed by atoms with van der Waals surface area (Å²) < 4.78 is 72.4. The minimum atomic E-state index is -5.08. The van der Waals surface area contributed by atoms with Gasteiger partial charge in [0.1, 0.15) is 5.82 Å². The summed E-state index contributed by atoms with van der Waals surface area (Å²) >= 11 is 0. The third kappa shape index (κ3) is 7.83. The molecule has 39 heavy (non-hydrogen) atoms. The number of sulfonamides is 1. The van der Waals surface area contributed by atoms with Gasteiger partial charge in [-0.05, 0) is 54.6 Å². The molecule has 0 unspecified atom stereocenters. The maximum absolute atomic E-state index is 13.1. The summed E-state index contributed by atoms with van der Waals surface area (Å²) in [5, 5.41) is 16.8. The van der Waals surface area contributed by atoms with E-state index in [1.807, 2.05) is 18.2 Å². The van der Waals surface area contributed by atoms with E-state index in [0.717, 1.165) is 43.0 Å². The number of nitrogens with zero attached hydrogens (tertiary/aromatic N) is 2. The molecule has 1 aliphatic heterocycles. The molecule has 14 heteroatoms. The fourth-order valence-corrected chi connectivity index (χ4v) is 4.75. The number of halogens is 4. The molecule has 0 saturated carbocycles. The number of anilines is 3. The van der Waals surface area contributed by atoms with E-state index in [0.29, 0.717) is 18.8 Å². The molecule has 208 valence electrons. The van der Waals surface area contributed by atoms with Crippen molar-refractivity contribution in [3.05, 3.63) is 84.2 Å². The van der Waals surface area contributed by atoms with Crippen molar-refractivity contribution in [2.75, 3.05) is 40.7 Å². The van der Waals surface area contributed by atoms with Crippen molar-refractivity contribution in [3.8, 4) is 0 Å². The number of rotatable bonds is 6. The second-order valence-electron chi connectivity index (χ2n) is 8.21. The van der Waals surface area contributed by atoms with Gasteiger partial charge >= 0.3 is 18.1 Å². The van der Waals surface area contributed by atoms with E-state index in [9.17, 15) is 35.9 Å². The third-order valence-corrected chi connectivity index (χ3v) is 6.99. The van der Waals surface area contributed by atoms with Crippen LogP contribution in [0.15, 0.2) is 77.7 Å². The maximum atomic E-state index is 13.1. The summed E-state index contributed by atoms with van der Waals surface area (Å²) in [6.07, 6.45) is -5.08. The molecular weight excluding hydrogens is 546 g/mol. The predicted molar refractivity (Wildman–Crippen MR) is 135 cm³/mol. The Labute approximate surface area is 221 Å². The van der Waals surface area contributed by atoms with Crippen molar-refractivity contribution in [2.24, 2.45) is 0 Å². The Morgan fingerprint density at radius 3 is 1.79 bits per heavy atom. The molecule has 0 spiro atoms. The van der Waals surface area contributed by atoms with Gasteiger partial charge in [0, 0.05) is 37.6 Å². The molecule has 3 aromatic rings. The van der Waals surface area contributed by atoms with Gasteiger partial charge in [-0.1, -0.05) is 18.2 Å². The maximum Gasteiger partial charge on any atom is 0.490 e. The van der Waals surface area contributed by atoms with Crippen LogP contribution in [0.3, 0.4) is 0 Å². The molecule has 0 atom stereocenters. The zero-order valence-corrected chi connectivity index (χ0v) is 20.9. The van der Waals surface area contributed by atoms with Gasteiger partial charge in [0.25, 0.3) is 10.0 Å². The van der Waals surface area contributed by atoms with Gasteiger partial charge in [0.15, 0.2) is 0 Å². The van der Waals surface area contributed by atoms with Crippen molar-refractivity contribution in [2.45, 2.75) is 11.1 Å². The van der Waals surface area contributed by atoms with E-state index in [2.05, 4.69) is 26.7 Å². The van der Waals surface area contributed by atoms with E-state index in [1.165, 1.54) is 12.1 Å². The normalized spacial score (nSPS) is 13.7. The van der Waals surface area contributed by atoms with Crippen LogP contribution in [0.1, 0.15) is 10.4 Å². The van der Waals surface area contributed by atoms with Gasteiger partial charge in [0.2, 0.25) is 0 Å². The van der Waals surface area contributed by atoms with Gasteiger partial charge in [0.05, 0.1) is 16.1 Å². The lowest BCUT2D eigenvalue weighted by Gasteiger charge is -2.37. The van der Waals surface area contributed by atoms with Crippen molar-refractivity contribution < 1.29 is 45.8 Å². The Kier molecular flexibility index (Phi) is 9.01. The Morgan fingerprint density at radius 2 is 1.31 bits per heavy atom. The van der Waals surface area contributed by atoms with E-state index >= 15 is 0 Å². The lowest BCUT2D eigenvalue weighted by molar-refractivity contribution is -0.192. The summed E-state index contributed by atoms with van der Waals surface area (Å²) in [4.78, 5) is 24.9. The quantitative estimate of drug-likeness (QED) is 0.376. The minimum Gasteiger partial charge on any atom is -0.478 e. The van der Waals surface area contributed by atoms with Gasteiger partial charge in [-0.3, -0.25) is 4.72 Å². The smallest absolute Gasteiger partial charge is 0.478 e. The number of nitrogens with one attached hydrogen (secondary N) is 1. The Morgan fingerprint density at radius 1 is 0.795 bits per heavy atom. The molecule has 3 N–H and O–H groups in total. The zero-order chi connectivity index (χ0) is 28.8. The lowest BCUT2D eigenvalue weighted by Crippen LogP contribution is -2.46. The number of alkyl halides is 3. The first-order chi connectivity index (χ1) is 18.3. The predicted octanol–water partition coefficient (Wildman–Crippen LogP) is 4.28. The molecule has 1 fully saturated rings. The van der Waals surface area contributed by atoms with Crippen molar-refractivity contribution in [1.29, 1.82) is 0 Å². The van der Waals surface area contributed by atoms with E-state index in [1.54, 1.807) is 6.07 Å². The number of piperazine rings is 1. The fraction of sp³-hybridized carbons (Fsp3) is 0.200. The second kappa shape index (κ2) is 12.0. The number of benzene rings is 3. The van der Waals surface area contributed by atoms with E-state index in [4.69, 9.17) is 9.90 Å². The summed E-state index contributed by atoms with van der Waals surface area (Å²) in [7, 11) is -4.06. The summed E-state index contributed by atoms with van der Waals surface area (Å²) in [5.74, 6) is -4.56. The molecule has 9 nitrogen and oxygen atoms in total. The number of para-hydroxylation sites is 1. The van der Waals surface area contributed by atoms with Crippen LogP contribution in [-0.2, 0) is 14.8 Å². The molecule has 1 saturated heterocycles. The Hall–Kier alpha value is -4.33. The highest BCUT2D eigenvalue weighted by Crippen LogP contribution is 2.27. The SMILES string of the molecule is O=C(O)C(F)(F)F.O=C(O)c1cc(N2CCN(c3ccccc3)CC2)ccc1NS(=O)(=O)c1ccc(F)cc1. The van der Waals surface area contributed by atoms with Gasteiger partial charge < -0.3 is 20.0 Å². The first kappa shape index (κ1) is 29.2. The zero-order valence-electron chi connectivity index (χ0n) is 20.1. The number of carboxylic acids is 2. The first-order valence-corrected chi connectivity index (χ1v) is 12.8. The minimum absolute atomic E-state index is 0.0477. The van der Waals surface area contributed by atoms with Crippen LogP contribution >= 0.6 is 0 Å². The molecule has 4 rings (SSSR count). The summed E-state index contributed by atoms with van der Waals surface area (Å²) in [6.45, 7) is 2.97. The first-order valence-electron chi connectivity index (χ1n) is 11.3. The Balaban J connectivity index is 0.000000532. The molecule has 1 heterocycles. The van der Waals surface area contributed by atoms with Crippen LogP contribution in [0, 0.1) is 5.82 Å². The van der Waals surface area contributed by atoms with Crippen molar-refractivity contribution in [1.82, 2.24) is 0 Å². The van der Waals surface area contributed by atoms with Crippen LogP contribution in [0.4, 0.5) is 34.6 Å². The third-order valence-electron chi connectivity index (χ3n) is 5.61.